The molecule has 1 amide bonds. The minimum Gasteiger partial charge on any atom is -0.349 e. The van der Waals surface area contributed by atoms with Gasteiger partial charge in [0.05, 0.1) is 6.04 Å². The van der Waals surface area contributed by atoms with Crippen LogP contribution in [0.3, 0.4) is 0 Å². The van der Waals surface area contributed by atoms with Crippen molar-refractivity contribution in [1.82, 2.24) is 10.2 Å². The molecule has 1 N–H and O–H groups in total. The number of rotatable bonds is 5. The van der Waals surface area contributed by atoms with E-state index in [1.807, 2.05) is 12.1 Å². The number of likely N-dealkylation sites (tertiary alicyclic amines) is 1. The highest BCUT2D eigenvalue weighted by atomic mass is 19.1. The molecule has 2 aromatic carbocycles. The first kappa shape index (κ1) is 19.6. The number of hydrogen-bond acceptors (Lipinski definition) is 2. The summed E-state index contributed by atoms with van der Waals surface area (Å²) < 4.78 is 13.0. The van der Waals surface area contributed by atoms with E-state index >= 15 is 0 Å². The van der Waals surface area contributed by atoms with Gasteiger partial charge in [-0.05, 0) is 75.5 Å². The first-order valence-corrected chi connectivity index (χ1v) is 9.76. The lowest BCUT2D eigenvalue weighted by molar-refractivity contribution is -0.127. The average molecular weight is 368 g/mol. The van der Waals surface area contributed by atoms with Gasteiger partial charge in [0.2, 0.25) is 5.91 Å². The molecule has 1 aliphatic heterocycles. The minimum atomic E-state index is -0.202. The largest absolute Gasteiger partial charge is 0.349 e. The highest BCUT2D eigenvalue weighted by Crippen LogP contribution is 2.23. The summed E-state index contributed by atoms with van der Waals surface area (Å²) in [6, 6.07) is 13.1. The molecule has 1 atom stereocenters. The molecule has 1 saturated heterocycles. The molecule has 0 aromatic heterocycles. The van der Waals surface area contributed by atoms with Crippen LogP contribution in [-0.2, 0) is 11.3 Å². The monoisotopic (exact) mass is 368 g/mol. The smallest absolute Gasteiger partial charge is 0.223 e. The molecule has 2 aromatic rings. The second-order valence-electron chi connectivity index (χ2n) is 7.77. The van der Waals surface area contributed by atoms with Gasteiger partial charge in [-0.1, -0.05) is 35.9 Å². The van der Waals surface area contributed by atoms with E-state index in [0.29, 0.717) is 0 Å². The van der Waals surface area contributed by atoms with Crippen LogP contribution in [0.2, 0.25) is 0 Å². The third-order valence-corrected chi connectivity index (χ3v) is 5.53. The summed E-state index contributed by atoms with van der Waals surface area (Å²) in [5, 5.41) is 3.20. The van der Waals surface area contributed by atoms with Crippen molar-refractivity contribution in [3.8, 4) is 0 Å². The summed E-state index contributed by atoms with van der Waals surface area (Å²) in [7, 11) is 0. The Morgan fingerprint density at radius 2 is 1.81 bits per heavy atom. The summed E-state index contributed by atoms with van der Waals surface area (Å²) in [6.07, 6.45) is 1.74. The number of piperidine rings is 1. The van der Waals surface area contributed by atoms with Gasteiger partial charge < -0.3 is 5.32 Å². The fourth-order valence-corrected chi connectivity index (χ4v) is 3.92. The number of aryl methyl sites for hydroxylation is 2. The van der Waals surface area contributed by atoms with Crippen LogP contribution >= 0.6 is 0 Å². The van der Waals surface area contributed by atoms with Crippen molar-refractivity contribution in [3.63, 3.8) is 0 Å². The van der Waals surface area contributed by atoms with Gasteiger partial charge in [0.1, 0.15) is 5.82 Å². The number of carbonyl (C=O) groups is 1. The van der Waals surface area contributed by atoms with Gasteiger partial charge in [0.25, 0.3) is 0 Å². The molecule has 0 radical (unpaired) electrons. The summed E-state index contributed by atoms with van der Waals surface area (Å²) in [6.45, 7) is 8.84. The first-order valence-electron chi connectivity index (χ1n) is 9.76. The second kappa shape index (κ2) is 8.66. The van der Waals surface area contributed by atoms with E-state index in [9.17, 15) is 9.18 Å². The second-order valence-corrected chi connectivity index (χ2v) is 7.77. The number of amides is 1. The van der Waals surface area contributed by atoms with Crippen molar-refractivity contribution >= 4 is 5.91 Å². The number of benzene rings is 2. The maximum Gasteiger partial charge on any atom is 0.223 e. The Morgan fingerprint density at radius 1 is 1.15 bits per heavy atom. The predicted molar refractivity (Wildman–Crippen MR) is 107 cm³/mol. The first-order chi connectivity index (χ1) is 12.9. The number of hydrogen-bond donors (Lipinski definition) is 1. The Kier molecular flexibility index (Phi) is 6.27. The van der Waals surface area contributed by atoms with Crippen LogP contribution in [0.25, 0.3) is 0 Å². The predicted octanol–water partition coefficient (Wildman–Crippen LogP) is 4.53. The Hall–Kier alpha value is -2.20. The summed E-state index contributed by atoms with van der Waals surface area (Å²) in [5.74, 6) is 0.0265. The van der Waals surface area contributed by atoms with E-state index in [2.05, 4.69) is 49.2 Å². The van der Waals surface area contributed by atoms with Gasteiger partial charge in [0.15, 0.2) is 0 Å². The lowest BCUT2D eigenvalue weighted by Crippen LogP contribution is -2.41. The van der Waals surface area contributed by atoms with Crippen molar-refractivity contribution in [2.75, 3.05) is 13.1 Å². The standard InChI is InChI=1S/C23H29FN2O/c1-16-4-9-22(17(2)14-16)18(3)25-23(27)20-10-12-26(13-11-20)15-19-5-7-21(24)8-6-19/h4-9,14,18,20H,10-13,15H2,1-3H3,(H,25,27). The van der Waals surface area contributed by atoms with E-state index in [1.165, 1.54) is 28.8 Å². The molecule has 0 spiro atoms. The fourth-order valence-electron chi connectivity index (χ4n) is 3.92. The summed E-state index contributed by atoms with van der Waals surface area (Å²) >= 11 is 0. The van der Waals surface area contributed by atoms with Crippen molar-refractivity contribution < 1.29 is 9.18 Å². The van der Waals surface area contributed by atoms with Gasteiger partial charge >= 0.3 is 0 Å². The zero-order valence-corrected chi connectivity index (χ0v) is 16.5. The molecule has 0 bridgehead atoms. The lowest BCUT2D eigenvalue weighted by atomic mass is 9.94. The number of halogens is 1. The molecule has 3 rings (SSSR count). The minimum absolute atomic E-state index is 0.0235. The zero-order valence-electron chi connectivity index (χ0n) is 16.5. The van der Waals surface area contributed by atoms with E-state index in [1.54, 1.807) is 0 Å². The van der Waals surface area contributed by atoms with Crippen molar-refractivity contribution in [2.24, 2.45) is 5.92 Å². The Bertz CT molecular complexity index is 779. The third-order valence-electron chi connectivity index (χ3n) is 5.53. The van der Waals surface area contributed by atoms with Gasteiger partial charge in [-0.2, -0.15) is 0 Å². The fraction of sp³-hybridized carbons (Fsp3) is 0.435. The SMILES string of the molecule is Cc1ccc(C(C)NC(=O)C2CCN(Cc3ccc(F)cc3)CC2)c(C)c1. The zero-order chi connectivity index (χ0) is 19.4. The van der Waals surface area contributed by atoms with Crippen molar-refractivity contribution in [2.45, 2.75) is 46.2 Å². The highest BCUT2D eigenvalue weighted by Gasteiger charge is 2.26. The van der Waals surface area contributed by atoms with Gasteiger partial charge in [-0.3, -0.25) is 9.69 Å². The number of carbonyl (C=O) groups excluding carboxylic acids is 1. The average Bonchev–Trinajstić information content (AvgIpc) is 2.64. The Balaban J connectivity index is 1.50. The lowest BCUT2D eigenvalue weighted by Gasteiger charge is -2.32. The van der Waals surface area contributed by atoms with Gasteiger partial charge in [0, 0.05) is 12.5 Å². The maximum atomic E-state index is 13.0. The van der Waals surface area contributed by atoms with Crippen LogP contribution in [0.1, 0.15) is 48.1 Å². The molecule has 0 saturated carbocycles. The Morgan fingerprint density at radius 3 is 2.44 bits per heavy atom. The molecule has 27 heavy (non-hydrogen) atoms. The van der Waals surface area contributed by atoms with Crippen LogP contribution in [0, 0.1) is 25.6 Å². The molecular weight excluding hydrogens is 339 g/mol. The normalized spacial score (nSPS) is 16.9. The van der Waals surface area contributed by atoms with Crippen molar-refractivity contribution in [1.29, 1.82) is 0 Å². The summed E-state index contributed by atoms with van der Waals surface area (Å²) in [4.78, 5) is 15.0. The Labute approximate surface area is 161 Å². The van der Waals surface area contributed by atoms with Gasteiger partial charge in [-0.15, -0.1) is 0 Å². The maximum absolute atomic E-state index is 13.0. The topological polar surface area (TPSA) is 32.3 Å². The van der Waals surface area contributed by atoms with E-state index < -0.39 is 0 Å². The highest BCUT2D eigenvalue weighted by molar-refractivity contribution is 5.79. The van der Waals surface area contributed by atoms with E-state index in [4.69, 9.17) is 0 Å². The molecule has 0 aliphatic carbocycles. The third kappa shape index (κ3) is 5.16. The quantitative estimate of drug-likeness (QED) is 0.841. The van der Waals surface area contributed by atoms with Gasteiger partial charge in [-0.25, -0.2) is 4.39 Å². The number of nitrogens with zero attached hydrogens (tertiary/aromatic N) is 1. The van der Waals surface area contributed by atoms with Crippen LogP contribution in [0.15, 0.2) is 42.5 Å². The molecule has 1 fully saturated rings. The summed E-state index contributed by atoms with van der Waals surface area (Å²) in [5.41, 5.74) is 4.76. The number of nitrogens with one attached hydrogen (secondary N) is 1. The van der Waals surface area contributed by atoms with Crippen LogP contribution in [0.4, 0.5) is 4.39 Å². The molecule has 1 unspecified atom stereocenters. The molecule has 1 heterocycles. The molecular formula is C23H29FN2O. The van der Waals surface area contributed by atoms with E-state index in [0.717, 1.165) is 38.0 Å². The van der Waals surface area contributed by atoms with Crippen molar-refractivity contribution in [3.05, 3.63) is 70.5 Å². The molecule has 144 valence electrons. The van der Waals surface area contributed by atoms with Crippen LogP contribution < -0.4 is 5.32 Å². The molecule has 4 heteroatoms. The van der Waals surface area contributed by atoms with E-state index in [-0.39, 0.29) is 23.7 Å². The molecule has 1 aliphatic rings. The van der Waals surface area contributed by atoms with Crippen LogP contribution in [0.5, 0.6) is 0 Å². The van der Waals surface area contributed by atoms with Crippen LogP contribution in [-0.4, -0.2) is 23.9 Å². The molecule has 3 nitrogen and oxygen atoms in total.